The van der Waals surface area contributed by atoms with Crippen LogP contribution >= 0.6 is 0 Å². The van der Waals surface area contributed by atoms with Gasteiger partial charge in [0.15, 0.2) is 0 Å². The smallest absolute Gasteiger partial charge is 0.459 e. The van der Waals surface area contributed by atoms with Gasteiger partial charge in [-0.25, -0.2) is 0 Å². The molecule has 0 aliphatic carbocycles. The Hall–Kier alpha value is 1.45. The van der Waals surface area contributed by atoms with Gasteiger partial charge in [-0.15, -0.1) is 0 Å². The fourth-order valence-corrected chi connectivity index (χ4v) is 0.783. The van der Waals surface area contributed by atoms with Gasteiger partial charge >= 0.3 is 58.9 Å². The normalized spacial score (nSPS) is 16.4. The fourth-order valence-electron chi connectivity index (χ4n) is 0.783. The van der Waals surface area contributed by atoms with Gasteiger partial charge in [0, 0.05) is 0 Å². The van der Waals surface area contributed by atoms with Crippen molar-refractivity contribution in [3.63, 3.8) is 0 Å². The van der Waals surface area contributed by atoms with Crippen molar-refractivity contribution in [2.24, 2.45) is 0 Å². The molecule has 0 unspecified atom stereocenters. The zero-order valence-electron chi connectivity index (χ0n) is 6.69. The summed E-state index contributed by atoms with van der Waals surface area (Å²) in [6.07, 6.45) is 2.70. The van der Waals surface area contributed by atoms with Crippen LogP contribution in [0.1, 0.15) is 12.8 Å². The van der Waals surface area contributed by atoms with Gasteiger partial charge in [-0.05, 0) is 25.9 Å². The summed E-state index contributed by atoms with van der Waals surface area (Å²) in [5.41, 5.74) is 0. The molecule has 0 aromatic carbocycles. The molecule has 0 aromatic rings. The van der Waals surface area contributed by atoms with Crippen molar-refractivity contribution in [1.82, 2.24) is 4.90 Å². The monoisotopic (exact) mass is 191 g/mol. The van der Waals surface area contributed by atoms with Crippen LogP contribution in [0.25, 0.3) is 0 Å². The summed E-state index contributed by atoms with van der Waals surface area (Å²) in [6, 6.07) is 0. The Labute approximate surface area is 108 Å². The molecule has 0 spiro atoms. The first kappa shape index (κ1) is 14.9. The van der Waals surface area contributed by atoms with Gasteiger partial charge < -0.3 is 4.90 Å². The standard InChI is InChI=1S/C5H10N.BF3.K/c1-6-4-2-3-5-6;2-1(3)4;/h1-5H2;;/q-1;;+1. The van der Waals surface area contributed by atoms with E-state index >= 15 is 0 Å². The van der Waals surface area contributed by atoms with Crippen molar-refractivity contribution in [2.75, 3.05) is 13.1 Å². The second-order valence-electron chi connectivity index (χ2n) is 2.07. The van der Waals surface area contributed by atoms with Gasteiger partial charge in [-0.2, -0.15) is 0 Å². The first-order valence-corrected chi connectivity index (χ1v) is 3.10. The quantitative estimate of drug-likeness (QED) is 0.342. The van der Waals surface area contributed by atoms with Crippen molar-refractivity contribution < 1.29 is 64.3 Å². The number of hydrogen-bond donors (Lipinski definition) is 0. The Bertz CT molecular complexity index is 77.4. The van der Waals surface area contributed by atoms with Crippen molar-refractivity contribution in [3.8, 4) is 0 Å². The molecule has 11 heavy (non-hydrogen) atoms. The van der Waals surface area contributed by atoms with E-state index < -0.39 is 7.54 Å². The molecule has 1 heterocycles. The number of nitrogens with zero attached hydrogens (tertiary/aromatic N) is 1. The van der Waals surface area contributed by atoms with Crippen LogP contribution in [0.15, 0.2) is 0 Å². The average Bonchev–Trinajstić information content (AvgIpc) is 2.15. The molecule has 0 saturated carbocycles. The van der Waals surface area contributed by atoms with E-state index in [-0.39, 0.29) is 51.4 Å². The van der Waals surface area contributed by atoms with Gasteiger partial charge in [-0.3, -0.25) is 20.0 Å². The van der Waals surface area contributed by atoms with Gasteiger partial charge in [0.1, 0.15) is 0 Å². The van der Waals surface area contributed by atoms with Crippen LogP contribution in [0, 0.1) is 7.05 Å². The minimum atomic E-state index is -3.67. The Morgan fingerprint density at radius 1 is 1.09 bits per heavy atom. The number of halogens is 3. The molecule has 0 radical (unpaired) electrons. The second kappa shape index (κ2) is 9.54. The molecule has 6 heteroatoms. The molecular weight excluding hydrogens is 181 g/mol. The van der Waals surface area contributed by atoms with Crippen LogP contribution in [-0.4, -0.2) is 25.5 Å². The predicted octanol–water partition coefficient (Wildman–Crippen LogP) is -1.24. The largest absolute Gasteiger partial charge is 1.00 e. The van der Waals surface area contributed by atoms with E-state index in [4.69, 9.17) is 0 Å². The molecule has 0 atom stereocenters. The Morgan fingerprint density at radius 2 is 1.36 bits per heavy atom. The molecule has 1 fully saturated rings. The van der Waals surface area contributed by atoms with E-state index in [9.17, 15) is 12.9 Å². The number of rotatable bonds is 0. The first-order valence-electron chi connectivity index (χ1n) is 3.10. The van der Waals surface area contributed by atoms with Crippen LogP contribution in [0.3, 0.4) is 0 Å². The summed E-state index contributed by atoms with van der Waals surface area (Å²) >= 11 is 0. The van der Waals surface area contributed by atoms with Crippen molar-refractivity contribution >= 4 is 7.54 Å². The molecule has 1 rings (SSSR count). The summed E-state index contributed by atoms with van der Waals surface area (Å²) in [6.45, 7) is 2.42. The Kier molecular flexibility index (Phi) is 13.0. The Balaban J connectivity index is 0. The van der Waals surface area contributed by atoms with Crippen molar-refractivity contribution in [1.29, 1.82) is 0 Å². The second-order valence-corrected chi connectivity index (χ2v) is 2.07. The van der Waals surface area contributed by atoms with Crippen molar-refractivity contribution in [3.05, 3.63) is 7.05 Å². The molecule has 1 aliphatic heterocycles. The maximum atomic E-state index is 9.67. The molecule has 0 N–H and O–H groups in total. The molecule has 1 nitrogen and oxygen atoms in total. The zero-order chi connectivity index (χ0) is 7.98. The minimum absolute atomic E-state index is 0. The topological polar surface area (TPSA) is 3.24 Å². The summed E-state index contributed by atoms with van der Waals surface area (Å²) < 4.78 is 29.0. The maximum absolute atomic E-state index is 9.67. The van der Waals surface area contributed by atoms with E-state index in [2.05, 4.69) is 11.9 Å². The fraction of sp³-hybridized carbons (Fsp3) is 0.800. The predicted molar refractivity (Wildman–Crippen MR) is 35.2 cm³/mol. The van der Waals surface area contributed by atoms with Gasteiger partial charge in [-0.1, -0.05) is 0 Å². The Morgan fingerprint density at radius 3 is 1.45 bits per heavy atom. The third-order valence-electron chi connectivity index (χ3n) is 1.20. The summed E-state index contributed by atoms with van der Waals surface area (Å²) in [5, 5.41) is 0. The average molecular weight is 191 g/mol. The number of likely N-dealkylation sites (tertiary alicyclic amines) is 1. The third-order valence-corrected chi connectivity index (χ3v) is 1.20. The van der Waals surface area contributed by atoms with Crippen LogP contribution in [0.5, 0.6) is 0 Å². The number of hydrogen-bond acceptors (Lipinski definition) is 1. The van der Waals surface area contributed by atoms with E-state index in [1.807, 2.05) is 0 Å². The van der Waals surface area contributed by atoms with E-state index in [0.717, 1.165) is 0 Å². The van der Waals surface area contributed by atoms with E-state index in [0.29, 0.717) is 0 Å². The molecule has 0 amide bonds. The van der Waals surface area contributed by atoms with Crippen LogP contribution < -0.4 is 51.4 Å². The first-order chi connectivity index (χ1) is 4.63. The summed E-state index contributed by atoms with van der Waals surface area (Å²) in [5.74, 6) is 0. The minimum Gasteiger partial charge on any atom is -0.459 e. The van der Waals surface area contributed by atoms with E-state index in [1.165, 1.54) is 25.9 Å². The summed E-state index contributed by atoms with van der Waals surface area (Å²) in [7, 11) is 0.104. The SMILES string of the molecule is FB(F)F.[CH2-]N1CCCC1.[K+]. The molecule has 60 valence electrons. The molecule has 0 bridgehead atoms. The van der Waals surface area contributed by atoms with Crippen LogP contribution in [-0.2, 0) is 0 Å². The third kappa shape index (κ3) is 14.3. The zero-order valence-corrected chi connectivity index (χ0v) is 9.82. The van der Waals surface area contributed by atoms with Gasteiger partial charge in [0.05, 0.1) is 0 Å². The molecule has 1 saturated heterocycles. The molecule has 1 aliphatic rings. The summed E-state index contributed by atoms with van der Waals surface area (Å²) in [4.78, 5) is 2.11. The molecule has 0 aromatic heterocycles. The van der Waals surface area contributed by atoms with E-state index in [1.54, 1.807) is 0 Å². The van der Waals surface area contributed by atoms with Crippen LogP contribution in [0.4, 0.5) is 12.9 Å². The maximum Gasteiger partial charge on any atom is 1.00 e. The molecular formula is C5H10BF3KN. The van der Waals surface area contributed by atoms with Crippen LogP contribution in [0.2, 0.25) is 0 Å². The van der Waals surface area contributed by atoms with Gasteiger partial charge in [0.25, 0.3) is 0 Å². The van der Waals surface area contributed by atoms with Crippen molar-refractivity contribution in [2.45, 2.75) is 12.8 Å². The van der Waals surface area contributed by atoms with Gasteiger partial charge in [0.2, 0.25) is 0 Å².